The summed E-state index contributed by atoms with van der Waals surface area (Å²) >= 11 is 0. The lowest BCUT2D eigenvalue weighted by molar-refractivity contribution is -0.134. The van der Waals surface area contributed by atoms with Gasteiger partial charge in [-0.25, -0.2) is 0 Å². The molecule has 1 unspecified atom stereocenters. The molecule has 0 aromatic rings. The molecule has 4 nitrogen and oxygen atoms in total. The summed E-state index contributed by atoms with van der Waals surface area (Å²) in [5, 5.41) is 2.81. The van der Waals surface area contributed by atoms with Gasteiger partial charge in [-0.15, -0.1) is 0 Å². The SMILES string of the molecule is CCCCCCN(CCCCCC)C(=O)C1CCC(=O)N1. The molecule has 21 heavy (non-hydrogen) atoms. The lowest BCUT2D eigenvalue weighted by Crippen LogP contribution is -2.45. The Morgan fingerprint density at radius 1 is 1.05 bits per heavy atom. The molecule has 1 fully saturated rings. The van der Waals surface area contributed by atoms with Crippen LogP contribution in [-0.2, 0) is 9.59 Å². The summed E-state index contributed by atoms with van der Waals surface area (Å²) in [7, 11) is 0. The highest BCUT2D eigenvalue weighted by atomic mass is 16.2. The Labute approximate surface area is 129 Å². The molecule has 0 spiro atoms. The second kappa shape index (κ2) is 10.6. The van der Waals surface area contributed by atoms with Gasteiger partial charge >= 0.3 is 0 Å². The van der Waals surface area contributed by atoms with Crippen molar-refractivity contribution in [3.05, 3.63) is 0 Å². The maximum absolute atomic E-state index is 12.5. The first-order valence-corrected chi connectivity index (χ1v) is 8.77. The molecule has 122 valence electrons. The first-order valence-electron chi connectivity index (χ1n) is 8.77. The van der Waals surface area contributed by atoms with Crippen LogP contribution < -0.4 is 5.32 Å². The van der Waals surface area contributed by atoms with Crippen molar-refractivity contribution in [3.8, 4) is 0 Å². The third-order valence-electron chi connectivity index (χ3n) is 4.17. The first kappa shape index (κ1) is 18.0. The summed E-state index contributed by atoms with van der Waals surface area (Å²) in [6.45, 7) is 6.08. The first-order chi connectivity index (χ1) is 10.2. The molecule has 1 atom stereocenters. The lowest BCUT2D eigenvalue weighted by Gasteiger charge is -2.25. The predicted molar refractivity (Wildman–Crippen MR) is 86.0 cm³/mol. The summed E-state index contributed by atoms with van der Waals surface area (Å²) in [4.78, 5) is 25.8. The van der Waals surface area contributed by atoms with Gasteiger partial charge < -0.3 is 10.2 Å². The van der Waals surface area contributed by atoms with Crippen LogP contribution in [0.1, 0.15) is 78.1 Å². The number of carbonyl (C=O) groups is 2. The van der Waals surface area contributed by atoms with E-state index in [1.165, 1.54) is 38.5 Å². The van der Waals surface area contributed by atoms with Gasteiger partial charge in [0.1, 0.15) is 6.04 Å². The molecule has 1 saturated heterocycles. The average Bonchev–Trinajstić information content (AvgIpc) is 2.91. The predicted octanol–water partition coefficient (Wildman–Crippen LogP) is 3.25. The molecular formula is C17H32N2O2. The molecule has 2 amide bonds. The van der Waals surface area contributed by atoms with E-state index in [4.69, 9.17) is 0 Å². The van der Waals surface area contributed by atoms with Crippen molar-refractivity contribution in [1.29, 1.82) is 0 Å². The minimum absolute atomic E-state index is 0.0188. The second-order valence-corrected chi connectivity index (χ2v) is 6.11. The van der Waals surface area contributed by atoms with E-state index in [0.29, 0.717) is 12.8 Å². The van der Waals surface area contributed by atoms with E-state index < -0.39 is 0 Å². The maximum atomic E-state index is 12.5. The second-order valence-electron chi connectivity index (χ2n) is 6.11. The van der Waals surface area contributed by atoms with Gasteiger partial charge in [0.2, 0.25) is 11.8 Å². The van der Waals surface area contributed by atoms with Crippen molar-refractivity contribution >= 4 is 11.8 Å². The van der Waals surface area contributed by atoms with Crippen molar-refractivity contribution < 1.29 is 9.59 Å². The Balaban J connectivity index is 2.40. The number of carbonyl (C=O) groups excluding carboxylic acids is 2. The number of unbranched alkanes of at least 4 members (excludes halogenated alkanes) is 6. The molecule has 0 aromatic carbocycles. The molecule has 0 bridgehead atoms. The van der Waals surface area contributed by atoms with E-state index in [9.17, 15) is 9.59 Å². The molecule has 4 heteroatoms. The van der Waals surface area contributed by atoms with Crippen LogP contribution in [0, 0.1) is 0 Å². The Morgan fingerprint density at radius 3 is 2.05 bits per heavy atom. The minimum Gasteiger partial charge on any atom is -0.344 e. The van der Waals surface area contributed by atoms with Gasteiger partial charge in [-0.1, -0.05) is 52.4 Å². The fraction of sp³-hybridized carbons (Fsp3) is 0.882. The maximum Gasteiger partial charge on any atom is 0.245 e. The molecule has 1 rings (SSSR count). The quantitative estimate of drug-likeness (QED) is 0.595. The summed E-state index contributed by atoms with van der Waals surface area (Å²) in [5.41, 5.74) is 0. The van der Waals surface area contributed by atoms with Gasteiger partial charge in [0.15, 0.2) is 0 Å². The van der Waals surface area contributed by atoms with Gasteiger partial charge in [-0.05, 0) is 19.3 Å². The van der Waals surface area contributed by atoms with Crippen molar-refractivity contribution in [3.63, 3.8) is 0 Å². The summed E-state index contributed by atoms with van der Waals surface area (Å²) in [5.74, 6) is 0.152. The Kier molecular flexibility index (Phi) is 9.11. The van der Waals surface area contributed by atoms with Crippen LogP contribution in [0.15, 0.2) is 0 Å². The highest BCUT2D eigenvalue weighted by Crippen LogP contribution is 2.12. The van der Waals surface area contributed by atoms with Crippen LogP contribution in [-0.4, -0.2) is 35.8 Å². The molecule has 0 aromatic heterocycles. The van der Waals surface area contributed by atoms with Crippen molar-refractivity contribution in [2.45, 2.75) is 84.1 Å². The molecule has 0 aliphatic carbocycles. The van der Waals surface area contributed by atoms with E-state index in [0.717, 1.165) is 25.9 Å². The lowest BCUT2D eigenvalue weighted by atomic mass is 10.1. The zero-order chi connectivity index (χ0) is 15.5. The van der Waals surface area contributed by atoms with Crippen LogP contribution in [0.2, 0.25) is 0 Å². The monoisotopic (exact) mass is 296 g/mol. The molecule has 1 heterocycles. The zero-order valence-electron chi connectivity index (χ0n) is 13.8. The molecule has 1 aliphatic heterocycles. The van der Waals surface area contributed by atoms with Crippen LogP contribution >= 0.6 is 0 Å². The smallest absolute Gasteiger partial charge is 0.245 e. The van der Waals surface area contributed by atoms with Gasteiger partial charge in [0.25, 0.3) is 0 Å². The Hall–Kier alpha value is -1.06. The molecule has 1 N–H and O–H groups in total. The largest absolute Gasteiger partial charge is 0.344 e. The van der Waals surface area contributed by atoms with Crippen LogP contribution in [0.25, 0.3) is 0 Å². The number of hydrogen-bond donors (Lipinski definition) is 1. The van der Waals surface area contributed by atoms with Gasteiger partial charge in [-0.2, -0.15) is 0 Å². The molecule has 1 aliphatic rings. The number of hydrogen-bond acceptors (Lipinski definition) is 2. The van der Waals surface area contributed by atoms with Crippen molar-refractivity contribution in [2.24, 2.45) is 0 Å². The molecule has 0 radical (unpaired) electrons. The summed E-state index contributed by atoms with van der Waals surface area (Å²) in [6.07, 6.45) is 10.6. The van der Waals surface area contributed by atoms with Crippen LogP contribution in [0.3, 0.4) is 0 Å². The van der Waals surface area contributed by atoms with Gasteiger partial charge in [0, 0.05) is 19.5 Å². The molecule has 0 saturated carbocycles. The van der Waals surface area contributed by atoms with E-state index in [1.54, 1.807) is 0 Å². The summed E-state index contributed by atoms with van der Waals surface area (Å²) < 4.78 is 0. The highest BCUT2D eigenvalue weighted by molar-refractivity contribution is 5.90. The average molecular weight is 296 g/mol. The normalized spacial score (nSPS) is 17.8. The Morgan fingerprint density at radius 2 is 1.62 bits per heavy atom. The van der Waals surface area contributed by atoms with Crippen LogP contribution in [0.5, 0.6) is 0 Å². The number of rotatable bonds is 11. The fourth-order valence-corrected chi connectivity index (χ4v) is 2.81. The number of amides is 2. The van der Waals surface area contributed by atoms with Gasteiger partial charge in [0.05, 0.1) is 0 Å². The van der Waals surface area contributed by atoms with E-state index in [-0.39, 0.29) is 17.9 Å². The Bertz CT molecular complexity index is 306. The topological polar surface area (TPSA) is 49.4 Å². The van der Waals surface area contributed by atoms with E-state index in [2.05, 4.69) is 19.2 Å². The third-order valence-corrected chi connectivity index (χ3v) is 4.17. The van der Waals surface area contributed by atoms with E-state index >= 15 is 0 Å². The third kappa shape index (κ3) is 6.96. The van der Waals surface area contributed by atoms with Gasteiger partial charge in [-0.3, -0.25) is 9.59 Å². The van der Waals surface area contributed by atoms with Crippen molar-refractivity contribution in [2.75, 3.05) is 13.1 Å². The van der Waals surface area contributed by atoms with Crippen LogP contribution in [0.4, 0.5) is 0 Å². The summed E-state index contributed by atoms with van der Waals surface area (Å²) in [6, 6.07) is -0.269. The zero-order valence-corrected chi connectivity index (χ0v) is 13.8. The number of nitrogens with zero attached hydrogens (tertiary/aromatic N) is 1. The molecular weight excluding hydrogens is 264 g/mol. The van der Waals surface area contributed by atoms with E-state index in [1.807, 2.05) is 4.90 Å². The van der Waals surface area contributed by atoms with Crippen molar-refractivity contribution in [1.82, 2.24) is 10.2 Å². The standard InChI is InChI=1S/C17H32N2O2/c1-3-5-7-9-13-19(14-10-8-6-4-2)17(21)15-11-12-16(20)18-15/h15H,3-14H2,1-2H3,(H,18,20). The fourth-order valence-electron chi connectivity index (χ4n) is 2.81. The minimum atomic E-state index is -0.269. The number of nitrogens with one attached hydrogen (secondary N) is 1. The highest BCUT2D eigenvalue weighted by Gasteiger charge is 2.30.